The number of nitro benzene ring substituents is 1. The monoisotopic (exact) mass is 264 g/mol. The Morgan fingerprint density at radius 1 is 1.32 bits per heavy atom. The first-order valence-corrected chi connectivity index (χ1v) is 5.77. The average molecular weight is 264 g/mol. The predicted molar refractivity (Wildman–Crippen MR) is 64.5 cm³/mol. The molecule has 100 valence electrons. The number of hydrogen-bond acceptors (Lipinski definition) is 5. The van der Waals surface area contributed by atoms with E-state index < -0.39 is 10.9 Å². The maximum atomic E-state index is 11.6. The summed E-state index contributed by atoms with van der Waals surface area (Å²) in [5.74, 6) is -1.02. The van der Waals surface area contributed by atoms with Crippen molar-refractivity contribution >= 4 is 17.6 Å². The molecule has 1 N–H and O–H groups in total. The molecule has 2 rings (SSSR count). The number of non-ortho nitro benzene ring substituents is 1. The fourth-order valence-corrected chi connectivity index (χ4v) is 1.43. The molecule has 0 heterocycles. The largest absolute Gasteiger partial charge is 0.452 e. The number of nitro groups is 1. The minimum absolute atomic E-state index is 0.108. The summed E-state index contributed by atoms with van der Waals surface area (Å²) in [5.41, 5.74) is 0.0628. The molecule has 0 spiro atoms. The first kappa shape index (κ1) is 13.0. The predicted octanol–water partition coefficient (Wildman–Crippen LogP) is 1.03. The van der Waals surface area contributed by atoms with Gasteiger partial charge in [0.1, 0.15) is 0 Å². The van der Waals surface area contributed by atoms with Gasteiger partial charge in [0.05, 0.1) is 10.5 Å². The molecule has 0 unspecified atom stereocenters. The zero-order valence-corrected chi connectivity index (χ0v) is 10.00. The van der Waals surface area contributed by atoms with Gasteiger partial charge in [0.2, 0.25) is 0 Å². The smallest absolute Gasteiger partial charge is 0.338 e. The Labute approximate surface area is 108 Å². The van der Waals surface area contributed by atoms with Crippen molar-refractivity contribution in [3.63, 3.8) is 0 Å². The molecule has 1 amide bonds. The van der Waals surface area contributed by atoms with Gasteiger partial charge in [-0.2, -0.15) is 0 Å². The molecule has 0 aliphatic heterocycles. The minimum atomic E-state index is -0.680. The van der Waals surface area contributed by atoms with Crippen molar-refractivity contribution in [3.8, 4) is 0 Å². The summed E-state index contributed by atoms with van der Waals surface area (Å²) in [4.78, 5) is 32.7. The molecule has 0 radical (unpaired) electrons. The second-order valence-corrected chi connectivity index (χ2v) is 4.22. The molecule has 0 bridgehead atoms. The van der Waals surface area contributed by atoms with Crippen molar-refractivity contribution in [2.24, 2.45) is 0 Å². The van der Waals surface area contributed by atoms with Gasteiger partial charge in [-0.05, 0) is 25.0 Å². The molecule has 1 aromatic carbocycles. The van der Waals surface area contributed by atoms with Crippen LogP contribution in [0.4, 0.5) is 5.69 Å². The van der Waals surface area contributed by atoms with Crippen LogP contribution in [-0.2, 0) is 9.53 Å². The molecule has 0 saturated heterocycles. The molecule has 19 heavy (non-hydrogen) atoms. The van der Waals surface area contributed by atoms with Crippen LogP contribution in [0.1, 0.15) is 23.2 Å². The number of carbonyl (C=O) groups is 2. The lowest BCUT2D eigenvalue weighted by molar-refractivity contribution is -0.384. The normalized spacial score (nSPS) is 13.7. The fraction of sp³-hybridized carbons (Fsp3) is 0.333. The number of hydrogen-bond donors (Lipinski definition) is 1. The summed E-state index contributed by atoms with van der Waals surface area (Å²) in [6.07, 6.45) is 1.92. The number of nitrogens with zero attached hydrogens (tertiary/aromatic N) is 1. The van der Waals surface area contributed by atoms with Gasteiger partial charge in [0.25, 0.3) is 11.6 Å². The van der Waals surface area contributed by atoms with Gasteiger partial charge < -0.3 is 10.1 Å². The quantitative estimate of drug-likeness (QED) is 0.486. The van der Waals surface area contributed by atoms with Gasteiger partial charge in [-0.1, -0.05) is 0 Å². The van der Waals surface area contributed by atoms with Gasteiger partial charge in [-0.15, -0.1) is 0 Å². The zero-order valence-electron chi connectivity index (χ0n) is 10.00. The van der Waals surface area contributed by atoms with Gasteiger partial charge >= 0.3 is 5.97 Å². The highest BCUT2D eigenvalue weighted by Crippen LogP contribution is 2.18. The highest BCUT2D eigenvalue weighted by molar-refractivity contribution is 5.91. The summed E-state index contributed by atoms with van der Waals surface area (Å²) in [5, 5.41) is 13.1. The minimum Gasteiger partial charge on any atom is -0.452 e. The van der Waals surface area contributed by atoms with Crippen LogP contribution in [0, 0.1) is 10.1 Å². The SMILES string of the molecule is O=C(COC(=O)c1ccc([N+](=O)[O-])cc1)NC1CC1. The number of ether oxygens (including phenoxy) is 1. The molecule has 0 atom stereocenters. The Hall–Kier alpha value is -2.44. The van der Waals surface area contributed by atoms with Crippen molar-refractivity contribution in [3.05, 3.63) is 39.9 Å². The average Bonchev–Trinajstić information content (AvgIpc) is 3.20. The zero-order chi connectivity index (χ0) is 13.8. The Balaban J connectivity index is 1.84. The van der Waals surface area contributed by atoms with Crippen molar-refractivity contribution in [1.29, 1.82) is 0 Å². The molecular weight excluding hydrogens is 252 g/mol. The van der Waals surface area contributed by atoms with Gasteiger partial charge in [0, 0.05) is 18.2 Å². The number of benzene rings is 1. The van der Waals surface area contributed by atoms with Crippen LogP contribution in [0.2, 0.25) is 0 Å². The van der Waals surface area contributed by atoms with E-state index in [4.69, 9.17) is 4.74 Å². The van der Waals surface area contributed by atoms with Crippen LogP contribution in [0.5, 0.6) is 0 Å². The van der Waals surface area contributed by atoms with E-state index in [1.165, 1.54) is 24.3 Å². The summed E-state index contributed by atoms with van der Waals surface area (Å²) in [6, 6.07) is 5.21. The third-order valence-electron chi connectivity index (χ3n) is 2.59. The van der Waals surface area contributed by atoms with Gasteiger partial charge in [-0.3, -0.25) is 14.9 Å². The van der Waals surface area contributed by atoms with Crippen LogP contribution in [-0.4, -0.2) is 29.4 Å². The summed E-state index contributed by atoms with van der Waals surface area (Å²) in [7, 11) is 0. The molecular formula is C12H12N2O5. The van der Waals surface area contributed by atoms with E-state index in [9.17, 15) is 19.7 Å². The second kappa shape index (κ2) is 5.47. The highest BCUT2D eigenvalue weighted by atomic mass is 16.6. The lowest BCUT2D eigenvalue weighted by atomic mass is 10.2. The van der Waals surface area contributed by atoms with Crippen molar-refractivity contribution in [2.75, 3.05) is 6.61 Å². The number of carbonyl (C=O) groups excluding carboxylic acids is 2. The van der Waals surface area contributed by atoms with Crippen LogP contribution in [0.3, 0.4) is 0 Å². The standard InChI is InChI=1S/C12H12N2O5/c15-11(13-9-3-4-9)7-19-12(16)8-1-5-10(6-2-8)14(17)18/h1-2,5-6,9H,3-4,7H2,(H,13,15). The number of esters is 1. The van der Waals surface area contributed by atoms with Crippen LogP contribution >= 0.6 is 0 Å². The van der Waals surface area contributed by atoms with Crippen LogP contribution in [0.25, 0.3) is 0 Å². The third kappa shape index (κ3) is 3.77. The second-order valence-electron chi connectivity index (χ2n) is 4.22. The molecule has 7 heteroatoms. The topological polar surface area (TPSA) is 98.5 Å². The first-order valence-electron chi connectivity index (χ1n) is 5.77. The number of amides is 1. The van der Waals surface area contributed by atoms with Crippen LogP contribution < -0.4 is 5.32 Å². The fourth-order valence-electron chi connectivity index (χ4n) is 1.43. The molecule has 1 aliphatic carbocycles. The number of nitrogens with one attached hydrogen (secondary N) is 1. The summed E-state index contributed by atoms with van der Waals surface area (Å²) >= 11 is 0. The lowest BCUT2D eigenvalue weighted by Crippen LogP contribution is -2.30. The lowest BCUT2D eigenvalue weighted by Gasteiger charge is -2.05. The van der Waals surface area contributed by atoms with Gasteiger partial charge in [0.15, 0.2) is 6.61 Å². The maximum absolute atomic E-state index is 11.6. The molecule has 7 nitrogen and oxygen atoms in total. The maximum Gasteiger partial charge on any atom is 0.338 e. The van der Waals surface area contributed by atoms with E-state index in [-0.39, 0.29) is 29.8 Å². The van der Waals surface area contributed by atoms with Crippen LogP contribution in [0.15, 0.2) is 24.3 Å². The molecule has 1 fully saturated rings. The molecule has 1 aliphatic rings. The highest BCUT2D eigenvalue weighted by Gasteiger charge is 2.23. The Bertz CT molecular complexity index is 507. The molecule has 1 saturated carbocycles. The third-order valence-corrected chi connectivity index (χ3v) is 2.59. The van der Waals surface area contributed by atoms with E-state index in [2.05, 4.69) is 5.32 Å². The van der Waals surface area contributed by atoms with E-state index in [1.807, 2.05) is 0 Å². The molecule has 1 aromatic rings. The van der Waals surface area contributed by atoms with E-state index >= 15 is 0 Å². The van der Waals surface area contributed by atoms with E-state index in [0.29, 0.717) is 0 Å². The van der Waals surface area contributed by atoms with E-state index in [0.717, 1.165) is 12.8 Å². The van der Waals surface area contributed by atoms with E-state index in [1.54, 1.807) is 0 Å². The number of rotatable bonds is 5. The van der Waals surface area contributed by atoms with Crippen molar-refractivity contribution in [1.82, 2.24) is 5.32 Å². The van der Waals surface area contributed by atoms with Crippen molar-refractivity contribution in [2.45, 2.75) is 18.9 Å². The van der Waals surface area contributed by atoms with Gasteiger partial charge in [-0.25, -0.2) is 4.79 Å². The summed E-state index contributed by atoms with van der Waals surface area (Å²) in [6.45, 7) is -0.341. The van der Waals surface area contributed by atoms with Crippen molar-refractivity contribution < 1.29 is 19.2 Å². The Kier molecular flexibility index (Phi) is 3.74. The molecule has 0 aromatic heterocycles. The first-order chi connectivity index (χ1) is 9.06. The summed E-state index contributed by atoms with van der Waals surface area (Å²) < 4.78 is 4.80. The Morgan fingerprint density at radius 2 is 1.95 bits per heavy atom. The Morgan fingerprint density at radius 3 is 2.47 bits per heavy atom.